The van der Waals surface area contributed by atoms with Gasteiger partial charge in [-0.25, -0.2) is 9.97 Å². The molecule has 2 heterocycles. The minimum atomic E-state index is -0.331. The standard InChI is InChI=1S/C11H12N4O2/c12-10-9(13-5-6-14-10)11(16)15-4-3-8-2-1-7-17-8/h1-2,5-7H,3-4H2,(H2,12,14)(H,15,16). The van der Waals surface area contributed by atoms with E-state index in [1.165, 1.54) is 12.4 Å². The van der Waals surface area contributed by atoms with Crippen molar-refractivity contribution in [3.8, 4) is 0 Å². The second-order valence-corrected chi connectivity index (χ2v) is 3.38. The summed E-state index contributed by atoms with van der Waals surface area (Å²) in [5.74, 6) is 0.613. The smallest absolute Gasteiger partial charge is 0.273 e. The molecule has 0 fully saturated rings. The number of furan rings is 1. The normalized spacial score (nSPS) is 10.1. The average molecular weight is 232 g/mol. The minimum absolute atomic E-state index is 0.128. The molecule has 0 unspecified atom stereocenters. The number of anilines is 1. The van der Waals surface area contributed by atoms with Gasteiger partial charge in [0.05, 0.1) is 6.26 Å². The molecule has 3 N–H and O–H groups in total. The first-order chi connectivity index (χ1) is 8.27. The van der Waals surface area contributed by atoms with Gasteiger partial charge in [-0.05, 0) is 12.1 Å². The summed E-state index contributed by atoms with van der Waals surface area (Å²) >= 11 is 0. The molecule has 2 rings (SSSR count). The highest BCUT2D eigenvalue weighted by molar-refractivity contribution is 5.96. The molecule has 0 radical (unpaired) electrons. The Hall–Kier alpha value is -2.37. The molecule has 0 saturated heterocycles. The molecule has 0 aromatic carbocycles. The lowest BCUT2D eigenvalue weighted by atomic mass is 10.3. The van der Waals surface area contributed by atoms with Crippen molar-refractivity contribution >= 4 is 11.7 Å². The van der Waals surface area contributed by atoms with Crippen LogP contribution in [0.1, 0.15) is 16.2 Å². The van der Waals surface area contributed by atoms with Crippen molar-refractivity contribution in [2.24, 2.45) is 0 Å². The van der Waals surface area contributed by atoms with Crippen molar-refractivity contribution in [2.75, 3.05) is 12.3 Å². The first kappa shape index (κ1) is 11.1. The van der Waals surface area contributed by atoms with Gasteiger partial charge in [0.15, 0.2) is 11.5 Å². The highest BCUT2D eigenvalue weighted by atomic mass is 16.3. The molecular weight excluding hydrogens is 220 g/mol. The van der Waals surface area contributed by atoms with Crippen LogP contribution in [0.5, 0.6) is 0 Å². The molecule has 0 atom stereocenters. The first-order valence-electron chi connectivity index (χ1n) is 5.14. The van der Waals surface area contributed by atoms with E-state index in [1.54, 1.807) is 12.3 Å². The van der Waals surface area contributed by atoms with Crippen LogP contribution in [0.2, 0.25) is 0 Å². The van der Waals surface area contributed by atoms with Crippen molar-refractivity contribution < 1.29 is 9.21 Å². The molecule has 2 aromatic rings. The van der Waals surface area contributed by atoms with Crippen molar-refractivity contribution in [1.29, 1.82) is 0 Å². The van der Waals surface area contributed by atoms with Gasteiger partial charge in [-0.2, -0.15) is 0 Å². The number of carbonyl (C=O) groups excluding carboxylic acids is 1. The van der Waals surface area contributed by atoms with Gasteiger partial charge in [0.1, 0.15) is 5.76 Å². The molecule has 0 spiro atoms. The van der Waals surface area contributed by atoms with Gasteiger partial charge >= 0.3 is 0 Å². The number of nitrogens with one attached hydrogen (secondary N) is 1. The quantitative estimate of drug-likeness (QED) is 0.806. The van der Waals surface area contributed by atoms with Crippen LogP contribution in [0.15, 0.2) is 35.2 Å². The lowest BCUT2D eigenvalue weighted by Crippen LogP contribution is -2.27. The van der Waals surface area contributed by atoms with E-state index in [0.29, 0.717) is 13.0 Å². The Morgan fingerprint density at radius 1 is 1.41 bits per heavy atom. The molecule has 0 bridgehead atoms. The van der Waals surface area contributed by atoms with Gasteiger partial charge < -0.3 is 15.5 Å². The number of rotatable bonds is 4. The monoisotopic (exact) mass is 232 g/mol. The number of nitrogen functional groups attached to an aromatic ring is 1. The molecule has 1 amide bonds. The third-order valence-electron chi connectivity index (χ3n) is 2.18. The summed E-state index contributed by atoms with van der Waals surface area (Å²) in [5, 5.41) is 2.70. The van der Waals surface area contributed by atoms with Gasteiger partial charge in [-0.15, -0.1) is 0 Å². The summed E-state index contributed by atoms with van der Waals surface area (Å²) in [5.41, 5.74) is 5.68. The number of carbonyl (C=O) groups is 1. The fourth-order valence-electron chi connectivity index (χ4n) is 1.36. The van der Waals surface area contributed by atoms with E-state index in [9.17, 15) is 4.79 Å². The van der Waals surface area contributed by atoms with E-state index in [2.05, 4.69) is 15.3 Å². The van der Waals surface area contributed by atoms with Crippen molar-refractivity contribution in [1.82, 2.24) is 15.3 Å². The molecule has 17 heavy (non-hydrogen) atoms. The Bertz CT molecular complexity index is 496. The molecule has 88 valence electrons. The summed E-state index contributed by atoms with van der Waals surface area (Å²) in [6.45, 7) is 0.461. The molecule has 0 aliphatic rings. The van der Waals surface area contributed by atoms with E-state index < -0.39 is 0 Å². The zero-order valence-corrected chi connectivity index (χ0v) is 9.09. The zero-order valence-electron chi connectivity index (χ0n) is 9.09. The Morgan fingerprint density at radius 3 is 2.94 bits per heavy atom. The largest absolute Gasteiger partial charge is 0.469 e. The summed E-state index contributed by atoms with van der Waals surface area (Å²) < 4.78 is 5.14. The summed E-state index contributed by atoms with van der Waals surface area (Å²) in [7, 11) is 0. The maximum absolute atomic E-state index is 11.7. The van der Waals surface area contributed by atoms with Crippen molar-refractivity contribution in [3.05, 3.63) is 42.2 Å². The fraction of sp³-hybridized carbons (Fsp3) is 0.182. The van der Waals surface area contributed by atoms with Gasteiger partial charge in [-0.3, -0.25) is 4.79 Å². The molecule has 6 nitrogen and oxygen atoms in total. The summed E-state index contributed by atoms with van der Waals surface area (Å²) in [6.07, 6.45) is 5.09. The molecule has 6 heteroatoms. The molecule has 0 aliphatic heterocycles. The molecule has 0 aliphatic carbocycles. The van der Waals surface area contributed by atoms with Crippen LogP contribution >= 0.6 is 0 Å². The molecular formula is C11H12N4O2. The van der Waals surface area contributed by atoms with Crippen LogP contribution in [-0.2, 0) is 6.42 Å². The second-order valence-electron chi connectivity index (χ2n) is 3.38. The highest BCUT2D eigenvalue weighted by Gasteiger charge is 2.11. The maximum atomic E-state index is 11.7. The van der Waals surface area contributed by atoms with Crippen LogP contribution in [0.25, 0.3) is 0 Å². The van der Waals surface area contributed by atoms with Gasteiger partial charge in [-0.1, -0.05) is 0 Å². The average Bonchev–Trinajstić information content (AvgIpc) is 2.82. The van der Waals surface area contributed by atoms with Crippen molar-refractivity contribution in [3.63, 3.8) is 0 Å². The maximum Gasteiger partial charge on any atom is 0.273 e. The summed E-state index contributed by atoms with van der Waals surface area (Å²) in [6, 6.07) is 3.65. The third kappa shape index (κ3) is 2.81. The van der Waals surface area contributed by atoms with E-state index >= 15 is 0 Å². The van der Waals surface area contributed by atoms with Crippen LogP contribution < -0.4 is 11.1 Å². The number of nitrogens with zero attached hydrogens (tertiary/aromatic N) is 2. The zero-order chi connectivity index (χ0) is 12.1. The van der Waals surface area contributed by atoms with Crippen molar-refractivity contribution in [2.45, 2.75) is 6.42 Å². The third-order valence-corrected chi connectivity index (χ3v) is 2.18. The Kier molecular flexibility index (Phi) is 3.34. The predicted octanol–water partition coefficient (Wildman–Crippen LogP) is 0.624. The van der Waals surface area contributed by atoms with Gasteiger partial charge in [0, 0.05) is 25.4 Å². The number of nitrogens with two attached hydrogens (primary N) is 1. The molecule has 2 aromatic heterocycles. The highest BCUT2D eigenvalue weighted by Crippen LogP contribution is 2.03. The number of amides is 1. The van der Waals surface area contributed by atoms with Crippen LogP contribution in [0.4, 0.5) is 5.82 Å². The Balaban J connectivity index is 1.88. The lowest BCUT2D eigenvalue weighted by Gasteiger charge is -2.04. The SMILES string of the molecule is Nc1nccnc1C(=O)NCCc1ccco1. The van der Waals surface area contributed by atoms with Crippen LogP contribution in [0.3, 0.4) is 0 Å². The minimum Gasteiger partial charge on any atom is -0.469 e. The van der Waals surface area contributed by atoms with Gasteiger partial charge in [0.2, 0.25) is 0 Å². The van der Waals surface area contributed by atoms with E-state index in [1.807, 2.05) is 6.07 Å². The second kappa shape index (κ2) is 5.11. The summed E-state index contributed by atoms with van der Waals surface area (Å²) in [4.78, 5) is 19.3. The number of hydrogen-bond donors (Lipinski definition) is 2. The number of aromatic nitrogens is 2. The van der Waals surface area contributed by atoms with Crippen LogP contribution in [0, 0.1) is 0 Å². The predicted molar refractivity (Wildman–Crippen MR) is 61.2 cm³/mol. The van der Waals surface area contributed by atoms with Crippen LogP contribution in [-0.4, -0.2) is 22.4 Å². The Labute approximate surface area is 97.9 Å². The fourth-order valence-corrected chi connectivity index (χ4v) is 1.36. The lowest BCUT2D eigenvalue weighted by molar-refractivity contribution is 0.0949. The van der Waals surface area contributed by atoms with E-state index in [4.69, 9.17) is 10.2 Å². The van der Waals surface area contributed by atoms with Gasteiger partial charge in [0.25, 0.3) is 5.91 Å². The molecule has 0 saturated carbocycles. The number of hydrogen-bond acceptors (Lipinski definition) is 5. The topological polar surface area (TPSA) is 94.0 Å². The first-order valence-corrected chi connectivity index (χ1v) is 5.14. The van der Waals surface area contributed by atoms with E-state index in [0.717, 1.165) is 5.76 Å². The van der Waals surface area contributed by atoms with E-state index in [-0.39, 0.29) is 17.4 Å². The Morgan fingerprint density at radius 2 is 2.24 bits per heavy atom.